The number of hydrogen-bond acceptors (Lipinski definition) is 5. The van der Waals surface area contributed by atoms with E-state index in [9.17, 15) is 14.4 Å². The van der Waals surface area contributed by atoms with Gasteiger partial charge in [-0.15, -0.1) is 11.3 Å². The van der Waals surface area contributed by atoms with E-state index in [2.05, 4.69) is 10.3 Å². The first-order valence-electron chi connectivity index (χ1n) is 8.24. The fourth-order valence-electron chi connectivity index (χ4n) is 2.63. The van der Waals surface area contributed by atoms with Gasteiger partial charge in [-0.05, 0) is 18.6 Å². The molecule has 2 heterocycles. The summed E-state index contributed by atoms with van der Waals surface area (Å²) in [6.45, 7) is 2.21. The van der Waals surface area contributed by atoms with E-state index >= 15 is 0 Å². The van der Waals surface area contributed by atoms with Gasteiger partial charge in [0.1, 0.15) is 5.01 Å². The standard InChI is InChI=1S/C18H19N3O3S/c1-2-3-15(22)19-13-6-4-12(5-7-13)14-11-25-16(20-14)10-21-17(23)8-9-18(21)24/h4-7,11H,2-3,8-10H2,1H3,(H,19,22). The third-order valence-corrected chi connectivity index (χ3v) is 4.78. The second kappa shape index (κ2) is 7.57. The lowest BCUT2D eigenvalue weighted by atomic mass is 10.1. The molecule has 3 amide bonds. The number of likely N-dealkylation sites (tertiary alicyclic amines) is 1. The molecule has 1 fully saturated rings. The van der Waals surface area contributed by atoms with Gasteiger partial charge in [-0.25, -0.2) is 4.98 Å². The van der Waals surface area contributed by atoms with Gasteiger partial charge in [0.2, 0.25) is 17.7 Å². The average Bonchev–Trinajstić information content (AvgIpc) is 3.18. The van der Waals surface area contributed by atoms with Crippen molar-refractivity contribution >= 4 is 34.7 Å². The van der Waals surface area contributed by atoms with Crippen molar-refractivity contribution in [1.29, 1.82) is 0 Å². The molecule has 0 saturated carbocycles. The topological polar surface area (TPSA) is 79.4 Å². The van der Waals surface area contributed by atoms with Crippen LogP contribution in [0.4, 0.5) is 5.69 Å². The summed E-state index contributed by atoms with van der Waals surface area (Å²) in [6, 6.07) is 7.48. The molecule has 0 aliphatic carbocycles. The largest absolute Gasteiger partial charge is 0.326 e. The van der Waals surface area contributed by atoms with Crippen LogP contribution >= 0.6 is 11.3 Å². The number of carbonyl (C=O) groups is 3. The van der Waals surface area contributed by atoms with Crippen molar-refractivity contribution in [3.63, 3.8) is 0 Å². The number of imide groups is 1. The van der Waals surface area contributed by atoms with E-state index in [0.29, 0.717) is 19.3 Å². The summed E-state index contributed by atoms with van der Waals surface area (Å²) >= 11 is 1.43. The van der Waals surface area contributed by atoms with Crippen molar-refractivity contribution in [2.24, 2.45) is 0 Å². The second-order valence-electron chi connectivity index (χ2n) is 5.88. The van der Waals surface area contributed by atoms with Crippen LogP contribution in [0.3, 0.4) is 0 Å². The highest BCUT2D eigenvalue weighted by Gasteiger charge is 2.29. The molecule has 1 aromatic carbocycles. The Balaban J connectivity index is 1.66. The number of thiazole rings is 1. The van der Waals surface area contributed by atoms with Gasteiger partial charge in [-0.3, -0.25) is 19.3 Å². The van der Waals surface area contributed by atoms with Gasteiger partial charge in [0.25, 0.3) is 0 Å². The molecule has 25 heavy (non-hydrogen) atoms. The van der Waals surface area contributed by atoms with Crippen LogP contribution in [0.25, 0.3) is 11.3 Å². The molecule has 0 spiro atoms. The zero-order valence-corrected chi connectivity index (χ0v) is 14.8. The maximum atomic E-state index is 11.7. The first-order valence-corrected chi connectivity index (χ1v) is 9.12. The molecule has 0 atom stereocenters. The number of carbonyl (C=O) groups excluding carboxylic acids is 3. The van der Waals surface area contributed by atoms with Gasteiger partial charge >= 0.3 is 0 Å². The lowest BCUT2D eigenvalue weighted by molar-refractivity contribution is -0.139. The minimum atomic E-state index is -0.131. The summed E-state index contributed by atoms with van der Waals surface area (Å²) in [7, 11) is 0. The Hall–Kier alpha value is -2.54. The predicted molar refractivity (Wildman–Crippen MR) is 95.9 cm³/mol. The smallest absolute Gasteiger partial charge is 0.230 e. The van der Waals surface area contributed by atoms with Crippen LogP contribution in [-0.4, -0.2) is 27.6 Å². The fourth-order valence-corrected chi connectivity index (χ4v) is 3.42. The molecule has 7 heteroatoms. The molecule has 0 radical (unpaired) electrons. The van der Waals surface area contributed by atoms with E-state index in [-0.39, 0.29) is 24.3 Å². The molecule has 1 aromatic heterocycles. The number of hydrogen-bond donors (Lipinski definition) is 1. The Labute approximate surface area is 149 Å². The minimum absolute atomic E-state index is 0.00569. The van der Waals surface area contributed by atoms with Gasteiger partial charge in [0.05, 0.1) is 12.2 Å². The molecular formula is C18H19N3O3S. The zero-order valence-electron chi connectivity index (χ0n) is 13.9. The zero-order chi connectivity index (χ0) is 17.8. The summed E-state index contributed by atoms with van der Waals surface area (Å²) in [5.74, 6) is -0.256. The van der Waals surface area contributed by atoms with Gasteiger partial charge in [0.15, 0.2) is 0 Å². The lowest BCUT2D eigenvalue weighted by Crippen LogP contribution is -2.28. The quantitative estimate of drug-likeness (QED) is 0.805. The molecular weight excluding hydrogens is 338 g/mol. The van der Waals surface area contributed by atoms with E-state index in [1.54, 1.807) is 0 Å². The van der Waals surface area contributed by atoms with Crippen LogP contribution in [0, 0.1) is 0 Å². The Morgan fingerprint density at radius 3 is 2.52 bits per heavy atom. The fraction of sp³-hybridized carbons (Fsp3) is 0.333. The van der Waals surface area contributed by atoms with Crippen LogP contribution < -0.4 is 5.32 Å². The van der Waals surface area contributed by atoms with Crippen LogP contribution in [0.2, 0.25) is 0 Å². The van der Waals surface area contributed by atoms with E-state index in [4.69, 9.17) is 0 Å². The Kier molecular flexibility index (Phi) is 5.23. The number of aromatic nitrogens is 1. The molecule has 1 N–H and O–H groups in total. The molecule has 0 unspecified atom stereocenters. The molecule has 130 valence electrons. The summed E-state index contributed by atoms with van der Waals surface area (Å²) in [4.78, 5) is 40.8. The van der Waals surface area contributed by atoms with Gasteiger partial charge in [0, 0.05) is 35.9 Å². The number of amides is 3. The summed E-state index contributed by atoms with van der Waals surface area (Å²) in [6.07, 6.45) is 1.91. The monoisotopic (exact) mass is 357 g/mol. The molecule has 1 aliphatic heterocycles. The molecule has 3 rings (SSSR count). The highest BCUT2D eigenvalue weighted by molar-refractivity contribution is 7.09. The Morgan fingerprint density at radius 2 is 1.88 bits per heavy atom. The van der Waals surface area contributed by atoms with E-state index in [1.807, 2.05) is 36.6 Å². The molecule has 1 aliphatic rings. The summed E-state index contributed by atoms with van der Waals surface area (Å²) in [5, 5.41) is 5.49. The number of benzene rings is 1. The molecule has 2 aromatic rings. The molecule has 6 nitrogen and oxygen atoms in total. The van der Waals surface area contributed by atoms with E-state index in [0.717, 1.165) is 28.4 Å². The highest BCUT2D eigenvalue weighted by atomic mass is 32.1. The van der Waals surface area contributed by atoms with Crippen molar-refractivity contribution in [1.82, 2.24) is 9.88 Å². The van der Waals surface area contributed by atoms with Crippen molar-refractivity contribution < 1.29 is 14.4 Å². The number of anilines is 1. The van der Waals surface area contributed by atoms with Crippen LogP contribution in [0.1, 0.15) is 37.6 Å². The van der Waals surface area contributed by atoms with Crippen molar-refractivity contribution in [3.05, 3.63) is 34.7 Å². The van der Waals surface area contributed by atoms with Crippen LogP contribution in [0.15, 0.2) is 29.6 Å². The third-order valence-electron chi connectivity index (χ3n) is 3.94. The molecule has 1 saturated heterocycles. The number of nitrogens with zero attached hydrogens (tertiary/aromatic N) is 2. The predicted octanol–water partition coefficient (Wildman–Crippen LogP) is 3.20. The normalized spacial score (nSPS) is 14.2. The lowest BCUT2D eigenvalue weighted by Gasteiger charge is -2.10. The third kappa shape index (κ3) is 4.11. The highest BCUT2D eigenvalue weighted by Crippen LogP contribution is 2.25. The number of nitrogens with one attached hydrogen (secondary N) is 1. The van der Waals surface area contributed by atoms with E-state index in [1.165, 1.54) is 16.2 Å². The Bertz CT molecular complexity index is 782. The van der Waals surface area contributed by atoms with Crippen molar-refractivity contribution in [2.45, 2.75) is 39.2 Å². The minimum Gasteiger partial charge on any atom is -0.326 e. The molecule has 0 bridgehead atoms. The van der Waals surface area contributed by atoms with Crippen molar-refractivity contribution in [2.75, 3.05) is 5.32 Å². The maximum Gasteiger partial charge on any atom is 0.230 e. The maximum absolute atomic E-state index is 11.7. The summed E-state index contributed by atoms with van der Waals surface area (Å²) in [5.41, 5.74) is 2.48. The van der Waals surface area contributed by atoms with E-state index < -0.39 is 0 Å². The summed E-state index contributed by atoms with van der Waals surface area (Å²) < 4.78 is 0. The SMILES string of the molecule is CCCC(=O)Nc1ccc(-c2csc(CN3C(=O)CCC3=O)n2)cc1. The second-order valence-corrected chi connectivity index (χ2v) is 6.82. The van der Waals surface area contributed by atoms with Crippen molar-refractivity contribution in [3.8, 4) is 11.3 Å². The Morgan fingerprint density at radius 1 is 1.20 bits per heavy atom. The van der Waals surface area contributed by atoms with Gasteiger partial charge in [-0.1, -0.05) is 19.1 Å². The van der Waals surface area contributed by atoms with Gasteiger partial charge < -0.3 is 5.32 Å². The number of rotatable bonds is 6. The van der Waals surface area contributed by atoms with Gasteiger partial charge in [-0.2, -0.15) is 0 Å². The first-order chi connectivity index (χ1) is 12.1. The van der Waals surface area contributed by atoms with Crippen LogP contribution in [0.5, 0.6) is 0 Å². The first kappa shape index (κ1) is 17.3. The van der Waals surface area contributed by atoms with Crippen LogP contribution in [-0.2, 0) is 20.9 Å². The average molecular weight is 357 g/mol.